The Morgan fingerprint density at radius 2 is 0.860 bits per heavy atom. The maximum Gasteiger partial charge on any atom is 0.164 e. The first kappa shape index (κ1) is 29.2. The topological polar surface area (TPSA) is 77.3 Å². The van der Waals surface area contributed by atoms with Crippen LogP contribution in [0.4, 0.5) is 0 Å². The number of hydrogen-bond acceptors (Lipinski definition) is 6. The van der Waals surface area contributed by atoms with E-state index in [4.69, 9.17) is 19.9 Å². The second-order valence-corrected chi connectivity index (χ2v) is 12.1. The van der Waals surface area contributed by atoms with E-state index < -0.39 is 0 Å². The molecule has 0 radical (unpaired) electrons. The minimum Gasteiger partial charge on any atom is -0.264 e. The lowest BCUT2D eigenvalue weighted by Gasteiger charge is -2.13. The van der Waals surface area contributed by atoms with Crippen LogP contribution in [0.25, 0.3) is 89.5 Å². The molecule has 234 valence electrons. The minimum atomic E-state index is 0.570. The van der Waals surface area contributed by atoms with Crippen LogP contribution in [0.5, 0.6) is 0 Å². The number of aromatic nitrogens is 6. The molecule has 0 aliphatic rings. The van der Waals surface area contributed by atoms with Crippen molar-refractivity contribution in [3.05, 3.63) is 170 Å². The fourth-order valence-electron chi connectivity index (χ4n) is 6.28. The Morgan fingerprint density at radius 1 is 0.320 bits per heavy atom. The first-order chi connectivity index (χ1) is 24.7. The number of pyridine rings is 3. The molecule has 50 heavy (non-hydrogen) atoms. The molecule has 0 spiro atoms. The van der Waals surface area contributed by atoms with Crippen LogP contribution in [0.2, 0.25) is 0 Å². The van der Waals surface area contributed by atoms with Crippen molar-refractivity contribution >= 4 is 21.8 Å². The van der Waals surface area contributed by atoms with Crippen molar-refractivity contribution in [1.29, 1.82) is 0 Å². The van der Waals surface area contributed by atoms with E-state index in [1.165, 1.54) is 0 Å². The summed E-state index contributed by atoms with van der Waals surface area (Å²) in [7, 11) is 0. The molecule has 0 N–H and O–H groups in total. The second-order valence-electron chi connectivity index (χ2n) is 12.1. The van der Waals surface area contributed by atoms with Crippen LogP contribution in [0.1, 0.15) is 0 Å². The molecule has 0 saturated heterocycles. The molecule has 4 aromatic heterocycles. The molecule has 0 fully saturated rings. The molecule has 9 aromatic rings. The molecule has 0 atom stereocenters. The van der Waals surface area contributed by atoms with Crippen LogP contribution >= 0.6 is 0 Å². The van der Waals surface area contributed by atoms with Gasteiger partial charge in [0.15, 0.2) is 17.5 Å². The summed E-state index contributed by atoms with van der Waals surface area (Å²) in [6.07, 6.45) is 5.47. The van der Waals surface area contributed by atoms with Crippen LogP contribution in [-0.2, 0) is 0 Å². The third kappa shape index (κ3) is 5.65. The van der Waals surface area contributed by atoms with Gasteiger partial charge in [0, 0.05) is 57.2 Å². The third-order valence-corrected chi connectivity index (χ3v) is 8.83. The van der Waals surface area contributed by atoms with Gasteiger partial charge in [-0.05, 0) is 53.1 Å². The molecular formula is C44H28N6. The van der Waals surface area contributed by atoms with E-state index in [9.17, 15) is 0 Å². The average Bonchev–Trinajstić information content (AvgIpc) is 3.21. The molecule has 6 nitrogen and oxygen atoms in total. The predicted octanol–water partition coefficient (Wildman–Crippen LogP) is 10.4. The number of nitrogens with zero attached hydrogens (tertiary/aromatic N) is 6. The molecule has 0 bridgehead atoms. The quantitative estimate of drug-likeness (QED) is 0.168. The SMILES string of the molecule is c1ccc(-c2ccc(-c3nc(-c4ccccc4)nc(-c4cc(-c5cccnc5)cc(-c5ccc6ccc7cccnc7c6n5)c4)n3)cc2)cc1. The largest absolute Gasteiger partial charge is 0.264 e. The highest BCUT2D eigenvalue weighted by Crippen LogP contribution is 2.34. The van der Waals surface area contributed by atoms with Gasteiger partial charge in [0.25, 0.3) is 0 Å². The number of benzene rings is 5. The average molecular weight is 641 g/mol. The number of hydrogen-bond donors (Lipinski definition) is 0. The Kier molecular flexibility index (Phi) is 7.37. The smallest absolute Gasteiger partial charge is 0.164 e. The van der Waals surface area contributed by atoms with Crippen molar-refractivity contribution in [2.24, 2.45) is 0 Å². The minimum absolute atomic E-state index is 0.570. The predicted molar refractivity (Wildman–Crippen MR) is 201 cm³/mol. The summed E-state index contributed by atoms with van der Waals surface area (Å²) in [5, 5.41) is 2.09. The second kappa shape index (κ2) is 12.6. The van der Waals surface area contributed by atoms with E-state index in [-0.39, 0.29) is 0 Å². The molecule has 5 aromatic carbocycles. The first-order valence-corrected chi connectivity index (χ1v) is 16.4. The Bertz CT molecular complexity index is 2620. The summed E-state index contributed by atoms with van der Waals surface area (Å²) in [6.45, 7) is 0. The van der Waals surface area contributed by atoms with E-state index in [2.05, 4.69) is 101 Å². The highest BCUT2D eigenvalue weighted by molar-refractivity contribution is 6.03. The van der Waals surface area contributed by atoms with Crippen LogP contribution in [0.3, 0.4) is 0 Å². The molecule has 6 heteroatoms. The van der Waals surface area contributed by atoms with E-state index in [1.807, 2.05) is 73.1 Å². The molecule has 0 amide bonds. The standard InChI is InChI=1S/C44H28N6/c1-3-9-29(10-4-1)30-15-19-34(20-16-30)43-48-42(33-11-5-2-6-12-33)49-44(50-43)38-26-36(35-14-7-23-45-28-35)25-37(27-38)39-22-21-32-18-17-31-13-8-24-46-40(31)41(32)47-39/h1-28H. The van der Waals surface area contributed by atoms with Crippen LogP contribution in [-0.4, -0.2) is 29.9 Å². The molecule has 0 saturated carbocycles. The van der Waals surface area contributed by atoms with Gasteiger partial charge in [0.2, 0.25) is 0 Å². The summed E-state index contributed by atoms with van der Waals surface area (Å²) in [6, 6.07) is 51.5. The highest BCUT2D eigenvalue weighted by Gasteiger charge is 2.16. The first-order valence-electron chi connectivity index (χ1n) is 16.4. The van der Waals surface area contributed by atoms with Crippen molar-refractivity contribution < 1.29 is 0 Å². The van der Waals surface area contributed by atoms with Gasteiger partial charge in [-0.15, -0.1) is 0 Å². The highest BCUT2D eigenvalue weighted by atomic mass is 15.0. The molecule has 4 heterocycles. The van der Waals surface area contributed by atoms with Gasteiger partial charge in [-0.3, -0.25) is 9.97 Å². The molecular weight excluding hydrogens is 613 g/mol. The number of fused-ring (bicyclic) bond motifs is 3. The number of rotatable bonds is 6. The third-order valence-electron chi connectivity index (χ3n) is 8.83. The molecule has 9 rings (SSSR count). The lowest BCUT2D eigenvalue weighted by Crippen LogP contribution is -2.01. The molecule has 0 unspecified atom stereocenters. The fraction of sp³-hybridized carbons (Fsp3) is 0. The summed E-state index contributed by atoms with van der Waals surface area (Å²) >= 11 is 0. The molecule has 0 aliphatic carbocycles. The summed E-state index contributed by atoms with van der Waals surface area (Å²) < 4.78 is 0. The van der Waals surface area contributed by atoms with Crippen LogP contribution < -0.4 is 0 Å². The Morgan fingerprint density at radius 3 is 1.58 bits per heavy atom. The van der Waals surface area contributed by atoms with Crippen molar-refractivity contribution in [3.8, 4) is 67.7 Å². The lowest BCUT2D eigenvalue weighted by molar-refractivity contribution is 1.07. The maximum absolute atomic E-state index is 5.18. The van der Waals surface area contributed by atoms with E-state index >= 15 is 0 Å². The van der Waals surface area contributed by atoms with E-state index in [0.717, 1.165) is 72.0 Å². The zero-order valence-electron chi connectivity index (χ0n) is 26.8. The van der Waals surface area contributed by atoms with E-state index in [1.54, 1.807) is 6.20 Å². The monoisotopic (exact) mass is 640 g/mol. The Balaban J connectivity index is 1.23. The van der Waals surface area contributed by atoms with Gasteiger partial charge in [-0.1, -0.05) is 115 Å². The Labute approximate surface area is 288 Å². The maximum atomic E-state index is 5.18. The zero-order valence-corrected chi connectivity index (χ0v) is 26.8. The summed E-state index contributed by atoms with van der Waals surface area (Å²) in [5.74, 6) is 1.77. The normalized spacial score (nSPS) is 11.2. The van der Waals surface area contributed by atoms with Gasteiger partial charge < -0.3 is 0 Å². The summed E-state index contributed by atoms with van der Waals surface area (Å²) in [5.41, 5.74) is 10.4. The van der Waals surface area contributed by atoms with Gasteiger partial charge in [-0.25, -0.2) is 19.9 Å². The fourth-order valence-corrected chi connectivity index (χ4v) is 6.28. The van der Waals surface area contributed by atoms with Gasteiger partial charge in [0.05, 0.1) is 16.7 Å². The lowest BCUT2D eigenvalue weighted by atomic mass is 9.98. The van der Waals surface area contributed by atoms with Crippen molar-refractivity contribution in [3.63, 3.8) is 0 Å². The van der Waals surface area contributed by atoms with Gasteiger partial charge in [0.1, 0.15) is 0 Å². The zero-order chi connectivity index (χ0) is 33.3. The van der Waals surface area contributed by atoms with Crippen LogP contribution in [0, 0.1) is 0 Å². The Hall–Kier alpha value is -6.92. The van der Waals surface area contributed by atoms with E-state index in [0.29, 0.717) is 17.5 Å². The van der Waals surface area contributed by atoms with Gasteiger partial charge >= 0.3 is 0 Å². The molecule has 0 aliphatic heterocycles. The van der Waals surface area contributed by atoms with Crippen molar-refractivity contribution in [2.45, 2.75) is 0 Å². The van der Waals surface area contributed by atoms with Crippen LogP contribution in [0.15, 0.2) is 170 Å². The van der Waals surface area contributed by atoms with Crippen molar-refractivity contribution in [1.82, 2.24) is 29.9 Å². The summed E-state index contributed by atoms with van der Waals surface area (Å²) in [4.78, 5) is 29.4. The van der Waals surface area contributed by atoms with Crippen molar-refractivity contribution in [2.75, 3.05) is 0 Å². The van der Waals surface area contributed by atoms with Gasteiger partial charge in [-0.2, -0.15) is 0 Å².